The minimum Gasteiger partial charge on any atom is -0.505 e. The number of hydrogen-bond donors (Lipinski definition) is 2. The van der Waals surface area contributed by atoms with Gasteiger partial charge in [0, 0.05) is 17.9 Å². The van der Waals surface area contributed by atoms with E-state index in [0.717, 1.165) is 6.07 Å². The number of phenolic OH excluding ortho intramolecular Hbond substituents is 1. The number of aliphatic hydroxyl groups is 1. The maximum Gasteiger partial charge on any atom is 0.417 e. The summed E-state index contributed by atoms with van der Waals surface area (Å²) in [5.74, 6) is -3.46. The van der Waals surface area contributed by atoms with Gasteiger partial charge in [-0.3, -0.25) is 0 Å². The van der Waals surface area contributed by atoms with Crippen molar-refractivity contribution in [2.45, 2.75) is 38.0 Å². The Hall–Kier alpha value is -1.30. The van der Waals surface area contributed by atoms with Gasteiger partial charge in [-0.1, -0.05) is 19.9 Å². The summed E-state index contributed by atoms with van der Waals surface area (Å²) in [6.45, 7) is 2.70. The Labute approximate surface area is 107 Å². The largest absolute Gasteiger partial charge is 0.505 e. The van der Waals surface area contributed by atoms with Gasteiger partial charge < -0.3 is 10.2 Å². The smallest absolute Gasteiger partial charge is 0.417 e. The Morgan fingerprint density at radius 2 is 1.84 bits per heavy atom. The van der Waals surface area contributed by atoms with Gasteiger partial charge >= 0.3 is 6.18 Å². The number of rotatable bonds is 0. The molecule has 2 N–H and O–H groups in total. The number of aromatic hydroxyl groups is 1. The molecule has 1 aromatic carbocycles. The van der Waals surface area contributed by atoms with Crippen molar-refractivity contribution in [3.8, 4) is 5.75 Å². The van der Waals surface area contributed by atoms with Crippen molar-refractivity contribution in [2.24, 2.45) is 5.92 Å². The lowest BCUT2D eigenvalue weighted by atomic mass is 9.67. The normalized spacial score (nSPS) is 31.1. The van der Waals surface area contributed by atoms with Crippen LogP contribution < -0.4 is 0 Å². The van der Waals surface area contributed by atoms with Crippen molar-refractivity contribution in [3.05, 3.63) is 29.1 Å². The number of halogens is 4. The summed E-state index contributed by atoms with van der Waals surface area (Å²) in [7, 11) is 0. The molecule has 0 fully saturated rings. The zero-order valence-electron chi connectivity index (χ0n) is 10.4. The average molecular weight is 278 g/mol. The second-order valence-electron chi connectivity index (χ2n) is 5.14. The summed E-state index contributed by atoms with van der Waals surface area (Å²) in [4.78, 5) is 0. The highest BCUT2D eigenvalue weighted by Crippen LogP contribution is 2.51. The molecular formula is C13H14F4O2. The van der Waals surface area contributed by atoms with Crippen molar-refractivity contribution < 1.29 is 27.8 Å². The van der Waals surface area contributed by atoms with Gasteiger partial charge in [0.15, 0.2) is 17.2 Å². The Balaban J connectivity index is 2.60. The van der Waals surface area contributed by atoms with E-state index in [1.165, 1.54) is 19.9 Å². The average Bonchev–Trinajstić information content (AvgIpc) is 2.29. The minimum atomic E-state index is -4.78. The SMILES string of the molecule is CC1c2c(ccc(F)c2O)CC(O)(C(F)(F)F)C1C. The van der Waals surface area contributed by atoms with Crippen LogP contribution in [-0.2, 0) is 6.42 Å². The van der Waals surface area contributed by atoms with Crippen LogP contribution in [0.3, 0.4) is 0 Å². The maximum absolute atomic E-state index is 13.3. The van der Waals surface area contributed by atoms with E-state index < -0.39 is 41.6 Å². The molecule has 3 unspecified atom stereocenters. The molecule has 1 aliphatic carbocycles. The number of phenols is 1. The van der Waals surface area contributed by atoms with E-state index in [4.69, 9.17) is 0 Å². The molecule has 1 aromatic rings. The van der Waals surface area contributed by atoms with Gasteiger partial charge in [0.05, 0.1) is 0 Å². The number of hydrogen-bond acceptors (Lipinski definition) is 2. The standard InChI is InChI=1S/C13H14F4O2/c1-6-7(2)12(19,13(15,16)17)5-8-3-4-9(14)11(18)10(6)8/h3-4,6-7,18-19H,5H2,1-2H3. The van der Waals surface area contributed by atoms with E-state index in [1.54, 1.807) is 0 Å². The van der Waals surface area contributed by atoms with E-state index in [9.17, 15) is 27.8 Å². The summed E-state index contributed by atoms with van der Waals surface area (Å²) >= 11 is 0. The molecule has 106 valence electrons. The molecular weight excluding hydrogens is 264 g/mol. The van der Waals surface area contributed by atoms with E-state index >= 15 is 0 Å². The molecule has 0 saturated carbocycles. The second kappa shape index (κ2) is 4.10. The molecule has 19 heavy (non-hydrogen) atoms. The van der Waals surface area contributed by atoms with Crippen LogP contribution in [-0.4, -0.2) is 22.0 Å². The highest BCUT2D eigenvalue weighted by atomic mass is 19.4. The molecule has 1 aliphatic rings. The third-order valence-corrected chi connectivity index (χ3v) is 4.17. The summed E-state index contributed by atoms with van der Waals surface area (Å²) in [5.41, 5.74) is -2.57. The Kier molecular flexibility index (Phi) is 3.04. The lowest BCUT2D eigenvalue weighted by Crippen LogP contribution is -2.55. The second-order valence-corrected chi connectivity index (χ2v) is 5.14. The molecule has 0 bridgehead atoms. The van der Waals surface area contributed by atoms with Crippen LogP contribution in [0.5, 0.6) is 5.75 Å². The number of fused-ring (bicyclic) bond motifs is 1. The lowest BCUT2D eigenvalue weighted by Gasteiger charge is -2.43. The van der Waals surface area contributed by atoms with Crippen molar-refractivity contribution in [1.29, 1.82) is 0 Å². The highest BCUT2D eigenvalue weighted by Gasteiger charge is 2.60. The van der Waals surface area contributed by atoms with Crippen molar-refractivity contribution in [1.82, 2.24) is 0 Å². The summed E-state index contributed by atoms with van der Waals surface area (Å²) in [5, 5.41) is 19.6. The Morgan fingerprint density at radius 3 is 2.37 bits per heavy atom. The quantitative estimate of drug-likeness (QED) is 0.716. The van der Waals surface area contributed by atoms with Crippen LogP contribution in [0, 0.1) is 11.7 Å². The molecule has 0 heterocycles. The first-order valence-electron chi connectivity index (χ1n) is 5.89. The molecule has 0 amide bonds. The lowest BCUT2D eigenvalue weighted by molar-refractivity contribution is -0.281. The summed E-state index contributed by atoms with van der Waals surface area (Å²) in [6.07, 6.45) is -5.45. The first kappa shape index (κ1) is 14.1. The van der Waals surface area contributed by atoms with E-state index in [1.807, 2.05) is 0 Å². The van der Waals surface area contributed by atoms with E-state index in [2.05, 4.69) is 0 Å². The van der Waals surface area contributed by atoms with Crippen molar-refractivity contribution in [3.63, 3.8) is 0 Å². The van der Waals surface area contributed by atoms with Gasteiger partial charge in [-0.2, -0.15) is 13.2 Å². The zero-order chi connectivity index (χ0) is 14.6. The van der Waals surface area contributed by atoms with Crippen molar-refractivity contribution >= 4 is 0 Å². The molecule has 0 aliphatic heterocycles. The molecule has 0 radical (unpaired) electrons. The van der Waals surface area contributed by atoms with Gasteiger partial charge in [0.2, 0.25) is 0 Å². The Bertz CT molecular complexity index is 512. The molecule has 6 heteroatoms. The van der Waals surface area contributed by atoms with Crippen LogP contribution in [0.2, 0.25) is 0 Å². The summed E-state index contributed by atoms with van der Waals surface area (Å²) < 4.78 is 52.4. The fourth-order valence-corrected chi connectivity index (χ4v) is 2.76. The van der Waals surface area contributed by atoms with Crippen LogP contribution in [0.15, 0.2) is 12.1 Å². The topological polar surface area (TPSA) is 40.5 Å². The molecule has 0 saturated heterocycles. The van der Waals surface area contributed by atoms with Crippen molar-refractivity contribution in [2.75, 3.05) is 0 Å². The molecule has 0 aromatic heterocycles. The first-order chi connectivity index (χ1) is 8.59. The molecule has 2 rings (SSSR count). The minimum absolute atomic E-state index is 0.129. The first-order valence-corrected chi connectivity index (χ1v) is 5.89. The third-order valence-electron chi connectivity index (χ3n) is 4.17. The van der Waals surface area contributed by atoms with Gasteiger partial charge in [-0.25, -0.2) is 4.39 Å². The fourth-order valence-electron chi connectivity index (χ4n) is 2.76. The molecule has 2 nitrogen and oxygen atoms in total. The van der Waals surface area contributed by atoms with Crippen LogP contribution in [0.25, 0.3) is 0 Å². The molecule has 3 atom stereocenters. The van der Waals surface area contributed by atoms with Crippen LogP contribution >= 0.6 is 0 Å². The number of benzene rings is 1. The van der Waals surface area contributed by atoms with E-state index in [-0.39, 0.29) is 11.1 Å². The van der Waals surface area contributed by atoms with Crippen LogP contribution in [0.1, 0.15) is 30.9 Å². The van der Waals surface area contributed by atoms with E-state index in [0.29, 0.717) is 0 Å². The zero-order valence-corrected chi connectivity index (χ0v) is 10.4. The highest BCUT2D eigenvalue weighted by molar-refractivity contribution is 5.46. The monoisotopic (exact) mass is 278 g/mol. The van der Waals surface area contributed by atoms with Gasteiger partial charge in [0.1, 0.15) is 0 Å². The fraction of sp³-hybridized carbons (Fsp3) is 0.538. The predicted molar refractivity (Wildman–Crippen MR) is 60.4 cm³/mol. The van der Waals surface area contributed by atoms with Gasteiger partial charge in [0.25, 0.3) is 0 Å². The van der Waals surface area contributed by atoms with Gasteiger partial charge in [-0.15, -0.1) is 0 Å². The van der Waals surface area contributed by atoms with Gasteiger partial charge in [-0.05, 0) is 17.5 Å². The maximum atomic E-state index is 13.3. The predicted octanol–water partition coefficient (Wildman–Crippen LogP) is 3.12. The Morgan fingerprint density at radius 1 is 1.26 bits per heavy atom. The molecule has 0 spiro atoms. The third kappa shape index (κ3) is 1.89. The number of alkyl halides is 3. The summed E-state index contributed by atoms with van der Waals surface area (Å²) in [6, 6.07) is 2.09. The van der Waals surface area contributed by atoms with Crippen LogP contribution in [0.4, 0.5) is 17.6 Å².